The summed E-state index contributed by atoms with van der Waals surface area (Å²) in [4.78, 5) is 13.1. The van der Waals surface area contributed by atoms with Gasteiger partial charge >= 0.3 is 0 Å². The van der Waals surface area contributed by atoms with Gasteiger partial charge in [-0.2, -0.15) is 0 Å². The third-order valence-electron chi connectivity index (χ3n) is 1.33. The molecule has 0 amide bonds. The molecule has 0 saturated heterocycles. The second-order valence-electron chi connectivity index (χ2n) is 1.92. The Labute approximate surface area is 47.9 Å². The molecular formula is C6H7NO. The zero-order valence-corrected chi connectivity index (χ0v) is 4.50. The lowest BCUT2D eigenvalue weighted by molar-refractivity contribution is 0.562. The molecule has 0 aromatic heterocycles. The van der Waals surface area contributed by atoms with Crippen LogP contribution < -0.4 is 0 Å². The van der Waals surface area contributed by atoms with Crippen molar-refractivity contribution in [2.45, 2.75) is 12.5 Å². The fourth-order valence-electron chi connectivity index (χ4n) is 0.670. The lowest BCUT2D eigenvalue weighted by atomic mass is 10.4. The van der Waals surface area contributed by atoms with Crippen molar-refractivity contribution in [3.63, 3.8) is 0 Å². The van der Waals surface area contributed by atoms with E-state index in [4.69, 9.17) is 0 Å². The number of hydrogen-bond acceptors (Lipinski definition) is 2. The van der Waals surface area contributed by atoms with Crippen molar-refractivity contribution in [2.24, 2.45) is 10.9 Å². The van der Waals surface area contributed by atoms with Gasteiger partial charge in [0.2, 0.25) is 6.08 Å². The van der Waals surface area contributed by atoms with E-state index in [1.54, 1.807) is 0 Å². The fraction of sp³-hybridized carbons (Fsp3) is 0.500. The van der Waals surface area contributed by atoms with Crippen LogP contribution in [0.1, 0.15) is 6.42 Å². The molecule has 2 atom stereocenters. The van der Waals surface area contributed by atoms with Crippen molar-refractivity contribution >= 4 is 6.08 Å². The van der Waals surface area contributed by atoms with Gasteiger partial charge in [-0.3, -0.25) is 0 Å². The number of nitrogens with zero attached hydrogens (tertiary/aromatic N) is 1. The minimum absolute atomic E-state index is 0.213. The van der Waals surface area contributed by atoms with Crippen molar-refractivity contribution < 1.29 is 4.79 Å². The second-order valence-corrected chi connectivity index (χ2v) is 1.92. The molecule has 0 bridgehead atoms. The Balaban J connectivity index is 2.36. The zero-order chi connectivity index (χ0) is 5.98. The number of hydrogen-bond donors (Lipinski definition) is 0. The highest BCUT2D eigenvalue weighted by molar-refractivity contribution is 5.35. The molecule has 0 aromatic rings. The predicted octanol–water partition coefficient (Wildman–Crippen LogP) is 0.897. The van der Waals surface area contributed by atoms with Crippen LogP contribution in [0.4, 0.5) is 0 Å². The van der Waals surface area contributed by atoms with Crippen LogP contribution in [0.25, 0.3) is 0 Å². The summed E-state index contributed by atoms with van der Waals surface area (Å²) in [5, 5.41) is 0. The van der Waals surface area contributed by atoms with Gasteiger partial charge in [-0.25, -0.2) is 9.79 Å². The summed E-state index contributed by atoms with van der Waals surface area (Å²) >= 11 is 0. The average Bonchev–Trinajstić information content (AvgIpc) is 2.48. The standard InChI is InChI=1S/C6H7NO/c1-2-5-3-6(5)7-4-8/h2,5-6H,1,3H2/t5-,6-/m0/s1. The quantitative estimate of drug-likeness (QED) is 0.294. The number of aliphatic imine (C=N–C) groups is 1. The Morgan fingerprint density at radius 2 is 2.62 bits per heavy atom. The molecule has 1 saturated carbocycles. The van der Waals surface area contributed by atoms with E-state index in [0.717, 1.165) is 6.42 Å². The number of isocyanates is 1. The third-order valence-corrected chi connectivity index (χ3v) is 1.33. The van der Waals surface area contributed by atoms with Gasteiger partial charge in [0.05, 0.1) is 6.04 Å². The van der Waals surface area contributed by atoms with Gasteiger partial charge in [0, 0.05) is 5.92 Å². The minimum Gasteiger partial charge on any atom is -0.211 e. The first-order valence-corrected chi connectivity index (χ1v) is 2.58. The van der Waals surface area contributed by atoms with E-state index in [1.165, 1.54) is 6.08 Å². The molecule has 1 aliphatic rings. The number of rotatable bonds is 2. The summed E-state index contributed by atoms with van der Waals surface area (Å²) in [5.74, 6) is 0.455. The van der Waals surface area contributed by atoms with Crippen molar-refractivity contribution in [3.8, 4) is 0 Å². The SMILES string of the molecule is C=C[C@H]1C[C@@H]1N=C=O. The first-order valence-electron chi connectivity index (χ1n) is 2.58. The van der Waals surface area contributed by atoms with Gasteiger partial charge in [-0.1, -0.05) is 6.08 Å². The van der Waals surface area contributed by atoms with Gasteiger partial charge in [0.15, 0.2) is 0 Å². The molecule has 0 aliphatic heterocycles. The van der Waals surface area contributed by atoms with Crippen LogP contribution in [0.2, 0.25) is 0 Å². The first kappa shape index (κ1) is 5.26. The number of carbonyl (C=O) groups excluding carboxylic acids is 1. The maximum Gasteiger partial charge on any atom is 0.235 e. The van der Waals surface area contributed by atoms with E-state index < -0.39 is 0 Å². The molecule has 0 heterocycles. The Morgan fingerprint density at radius 1 is 1.88 bits per heavy atom. The average molecular weight is 109 g/mol. The largest absolute Gasteiger partial charge is 0.235 e. The molecule has 42 valence electrons. The van der Waals surface area contributed by atoms with Gasteiger partial charge in [-0.15, -0.1) is 6.58 Å². The Morgan fingerprint density at radius 3 is 3.00 bits per heavy atom. The Bertz CT molecular complexity index is 147. The van der Waals surface area contributed by atoms with Crippen LogP contribution in [0.3, 0.4) is 0 Å². The summed E-state index contributed by atoms with van der Waals surface area (Å²) in [7, 11) is 0. The maximum atomic E-state index is 9.59. The van der Waals surface area contributed by atoms with Crippen molar-refractivity contribution in [1.82, 2.24) is 0 Å². The lowest BCUT2D eigenvalue weighted by Crippen LogP contribution is -1.75. The first-order chi connectivity index (χ1) is 3.88. The van der Waals surface area contributed by atoms with E-state index in [9.17, 15) is 4.79 Å². The zero-order valence-electron chi connectivity index (χ0n) is 4.50. The van der Waals surface area contributed by atoms with Gasteiger partial charge in [0.25, 0.3) is 0 Å². The highest BCUT2D eigenvalue weighted by atomic mass is 16.1. The van der Waals surface area contributed by atoms with Crippen LogP contribution in [-0.2, 0) is 4.79 Å². The van der Waals surface area contributed by atoms with Gasteiger partial charge in [0.1, 0.15) is 0 Å². The molecule has 0 unspecified atom stereocenters. The van der Waals surface area contributed by atoms with Crippen molar-refractivity contribution in [3.05, 3.63) is 12.7 Å². The topological polar surface area (TPSA) is 29.4 Å². The summed E-state index contributed by atoms with van der Waals surface area (Å²) < 4.78 is 0. The molecular weight excluding hydrogens is 102 g/mol. The molecule has 0 spiro atoms. The molecule has 0 N–H and O–H groups in total. The summed E-state index contributed by atoms with van der Waals surface area (Å²) in [5.41, 5.74) is 0. The van der Waals surface area contributed by atoms with E-state index in [-0.39, 0.29) is 6.04 Å². The van der Waals surface area contributed by atoms with Gasteiger partial charge in [-0.05, 0) is 6.42 Å². The molecule has 0 aromatic carbocycles. The van der Waals surface area contributed by atoms with Crippen molar-refractivity contribution in [2.75, 3.05) is 0 Å². The summed E-state index contributed by atoms with van der Waals surface area (Å²) in [6.45, 7) is 3.57. The third kappa shape index (κ3) is 0.849. The molecule has 8 heavy (non-hydrogen) atoms. The Hall–Kier alpha value is -0.880. The molecule has 1 rings (SSSR count). The fourth-order valence-corrected chi connectivity index (χ4v) is 0.670. The van der Waals surface area contributed by atoms with Crippen LogP contribution in [0.15, 0.2) is 17.6 Å². The summed E-state index contributed by atoms with van der Waals surface area (Å²) in [6.07, 6.45) is 4.33. The normalized spacial score (nSPS) is 33.0. The smallest absolute Gasteiger partial charge is 0.211 e. The van der Waals surface area contributed by atoms with E-state index in [2.05, 4.69) is 11.6 Å². The molecule has 1 aliphatic carbocycles. The minimum atomic E-state index is 0.213. The second kappa shape index (κ2) is 1.93. The van der Waals surface area contributed by atoms with Crippen LogP contribution >= 0.6 is 0 Å². The van der Waals surface area contributed by atoms with Crippen molar-refractivity contribution in [1.29, 1.82) is 0 Å². The molecule has 2 nitrogen and oxygen atoms in total. The Kier molecular flexibility index (Phi) is 1.27. The molecule has 1 fully saturated rings. The van der Waals surface area contributed by atoms with E-state index in [0.29, 0.717) is 5.92 Å². The van der Waals surface area contributed by atoms with Crippen LogP contribution in [0, 0.1) is 5.92 Å². The predicted molar refractivity (Wildman–Crippen MR) is 30.2 cm³/mol. The lowest BCUT2D eigenvalue weighted by Gasteiger charge is -1.74. The maximum absolute atomic E-state index is 9.59. The van der Waals surface area contributed by atoms with Crippen LogP contribution in [0.5, 0.6) is 0 Å². The molecule has 2 heteroatoms. The van der Waals surface area contributed by atoms with Gasteiger partial charge < -0.3 is 0 Å². The van der Waals surface area contributed by atoms with E-state index in [1.807, 2.05) is 6.08 Å². The van der Waals surface area contributed by atoms with E-state index >= 15 is 0 Å². The summed E-state index contributed by atoms with van der Waals surface area (Å²) in [6, 6.07) is 0.213. The highest BCUT2D eigenvalue weighted by Crippen LogP contribution is 2.33. The molecule has 0 radical (unpaired) electrons. The highest BCUT2D eigenvalue weighted by Gasteiger charge is 2.33. The monoisotopic (exact) mass is 109 g/mol. The van der Waals surface area contributed by atoms with Crippen LogP contribution in [-0.4, -0.2) is 12.1 Å².